The molecule has 0 fully saturated rings. The molecule has 0 saturated carbocycles. The Morgan fingerprint density at radius 1 is 1.43 bits per heavy atom. The number of phenolic OH excluding ortho intramolecular Hbond substituents is 1. The van der Waals surface area contributed by atoms with E-state index >= 15 is 0 Å². The Morgan fingerprint density at radius 3 is 2.93 bits per heavy atom. The molecule has 1 atom stereocenters. The molecule has 1 heterocycles. The van der Waals surface area contributed by atoms with Crippen molar-refractivity contribution in [3.8, 4) is 5.75 Å². The smallest absolute Gasteiger partial charge is 0.116 e. The van der Waals surface area contributed by atoms with Crippen LogP contribution in [0.3, 0.4) is 0 Å². The second kappa shape index (κ2) is 3.59. The lowest BCUT2D eigenvalue weighted by molar-refractivity contribution is 0.476. The zero-order valence-corrected chi connectivity index (χ0v) is 8.84. The minimum Gasteiger partial charge on any atom is -0.508 e. The molecule has 2 nitrogen and oxygen atoms in total. The Bertz CT molecular complexity index is 447. The van der Waals surface area contributed by atoms with Crippen LogP contribution in [0.1, 0.15) is 11.8 Å². The lowest BCUT2D eigenvalue weighted by Crippen LogP contribution is -2.16. The molecule has 1 aromatic carbocycles. The number of phenols is 1. The lowest BCUT2D eigenvalue weighted by atomic mass is 10.2. The van der Waals surface area contributed by atoms with E-state index in [9.17, 15) is 5.11 Å². The number of nitrogens with two attached hydrogens (primary N) is 1. The predicted octanol–water partition coefficient (Wildman–Crippen LogP) is 2.50. The Morgan fingerprint density at radius 2 is 2.21 bits per heavy atom. The van der Waals surface area contributed by atoms with E-state index in [1.165, 1.54) is 9.58 Å². The van der Waals surface area contributed by atoms with Crippen LogP contribution in [0.15, 0.2) is 24.3 Å². The predicted molar refractivity (Wildman–Crippen MR) is 60.8 cm³/mol. The van der Waals surface area contributed by atoms with Crippen LogP contribution in [0, 0.1) is 0 Å². The van der Waals surface area contributed by atoms with Crippen molar-refractivity contribution in [1.82, 2.24) is 0 Å². The fourth-order valence-electron chi connectivity index (χ4n) is 1.50. The van der Waals surface area contributed by atoms with Gasteiger partial charge in [-0.1, -0.05) is 0 Å². The first kappa shape index (κ1) is 9.49. The lowest BCUT2D eigenvalue weighted by Gasteiger charge is -1.99. The number of fused-ring (bicyclic) bond motifs is 1. The molecule has 0 amide bonds. The van der Waals surface area contributed by atoms with Crippen LogP contribution in [-0.2, 0) is 6.42 Å². The summed E-state index contributed by atoms with van der Waals surface area (Å²) in [6, 6.07) is 7.74. The van der Waals surface area contributed by atoms with E-state index in [1.54, 1.807) is 23.5 Å². The van der Waals surface area contributed by atoms with Crippen LogP contribution in [0.2, 0.25) is 0 Å². The summed E-state index contributed by atoms with van der Waals surface area (Å²) >= 11 is 1.74. The van der Waals surface area contributed by atoms with Gasteiger partial charge in [0.1, 0.15) is 5.75 Å². The third kappa shape index (κ3) is 1.89. The first-order valence-electron chi connectivity index (χ1n) is 4.62. The zero-order valence-electron chi connectivity index (χ0n) is 8.03. The van der Waals surface area contributed by atoms with Crippen molar-refractivity contribution >= 4 is 21.4 Å². The Kier molecular flexibility index (Phi) is 2.44. The number of hydrogen-bond donors (Lipinski definition) is 2. The fraction of sp³-hybridized carbons (Fsp3) is 0.273. The molecule has 0 bridgehead atoms. The normalized spacial score (nSPS) is 13.3. The van der Waals surface area contributed by atoms with E-state index in [4.69, 9.17) is 5.73 Å². The Hall–Kier alpha value is -1.06. The SMILES string of the molecule is CC(N)Cc1cc2cc(O)ccc2s1. The largest absolute Gasteiger partial charge is 0.508 e. The van der Waals surface area contributed by atoms with Gasteiger partial charge in [-0.15, -0.1) is 11.3 Å². The van der Waals surface area contributed by atoms with Crippen molar-refractivity contribution < 1.29 is 5.11 Å². The van der Waals surface area contributed by atoms with Crippen LogP contribution >= 0.6 is 11.3 Å². The van der Waals surface area contributed by atoms with Gasteiger partial charge in [-0.2, -0.15) is 0 Å². The third-order valence-electron chi connectivity index (χ3n) is 2.07. The van der Waals surface area contributed by atoms with E-state index in [0.29, 0.717) is 5.75 Å². The topological polar surface area (TPSA) is 46.2 Å². The molecule has 0 spiro atoms. The van der Waals surface area contributed by atoms with E-state index in [0.717, 1.165) is 11.8 Å². The van der Waals surface area contributed by atoms with Crippen molar-refractivity contribution in [3.05, 3.63) is 29.1 Å². The van der Waals surface area contributed by atoms with Crippen LogP contribution in [0.25, 0.3) is 10.1 Å². The summed E-state index contributed by atoms with van der Waals surface area (Å²) in [5.74, 6) is 0.322. The molecular formula is C11H13NOS. The maximum atomic E-state index is 9.30. The third-order valence-corrected chi connectivity index (χ3v) is 3.21. The summed E-state index contributed by atoms with van der Waals surface area (Å²) in [5.41, 5.74) is 5.73. The highest BCUT2D eigenvalue weighted by Crippen LogP contribution is 2.28. The van der Waals surface area contributed by atoms with Crippen LogP contribution in [-0.4, -0.2) is 11.1 Å². The summed E-state index contributed by atoms with van der Waals surface area (Å²) < 4.78 is 1.21. The van der Waals surface area contributed by atoms with Crippen LogP contribution < -0.4 is 5.73 Å². The number of thiophene rings is 1. The van der Waals surface area contributed by atoms with Gasteiger partial charge in [-0.3, -0.25) is 0 Å². The zero-order chi connectivity index (χ0) is 10.1. The first-order chi connectivity index (χ1) is 6.65. The van der Waals surface area contributed by atoms with Crippen molar-refractivity contribution in [2.45, 2.75) is 19.4 Å². The molecule has 2 aromatic rings. The van der Waals surface area contributed by atoms with Crippen molar-refractivity contribution in [3.63, 3.8) is 0 Å². The second-order valence-corrected chi connectivity index (χ2v) is 4.78. The summed E-state index contributed by atoms with van der Waals surface area (Å²) in [5, 5.41) is 10.4. The van der Waals surface area contributed by atoms with Gasteiger partial charge in [0, 0.05) is 15.6 Å². The summed E-state index contributed by atoms with van der Waals surface area (Å²) in [7, 11) is 0. The fourth-order valence-corrected chi connectivity index (χ4v) is 2.69. The Labute approximate surface area is 87.0 Å². The van der Waals surface area contributed by atoms with Gasteiger partial charge in [0.05, 0.1) is 0 Å². The van der Waals surface area contributed by atoms with Crippen molar-refractivity contribution in [1.29, 1.82) is 0 Å². The molecule has 1 aromatic heterocycles. The second-order valence-electron chi connectivity index (χ2n) is 3.62. The van der Waals surface area contributed by atoms with Gasteiger partial charge >= 0.3 is 0 Å². The number of benzene rings is 1. The van der Waals surface area contributed by atoms with Gasteiger partial charge in [0.15, 0.2) is 0 Å². The maximum Gasteiger partial charge on any atom is 0.116 e. The molecule has 0 aliphatic carbocycles. The molecule has 2 rings (SSSR count). The number of hydrogen-bond acceptors (Lipinski definition) is 3. The highest BCUT2D eigenvalue weighted by atomic mass is 32.1. The molecular weight excluding hydrogens is 194 g/mol. The monoisotopic (exact) mass is 207 g/mol. The van der Waals surface area contributed by atoms with Gasteiger partial charge in [-0.05, 0) is 43.0 Å². The number of rotatable bonds is 2. The molecule has 1 unspecified atom stereocenters. The molecule has 0 saturated heterocycles. The summed E-state index contributed by atoms with van der Waals surface area (Å²) in [4.78, 5) is 1.28. The van der Waals surface area contributed by atoms with Gasteiger partial charge < -0.3 is 10.8 Å². The van der Waals surface area contributed by atoms with Crippen LogP contribution in [0.5, 0.6) is 5.75 Å². The van der Waals surface area contributed by atoms with E-state index in [2.05, 4.69) is 6.07 Å². The van der Waals surface area contributed by atoms with E-state index in [-0.39, 0.29) is 6.04 Å². The minimum atomic E-state index is 0.191. The first-order valence-corrected chi connectivity index (χ1v) is 5.44. The van der Waals surface area contributed by atoms with Gasteiger partial charge in [0.2, 0.25) is 0 Å². The standard InChI is InChI=1S/C11H13NOS/c1-7(12)4-10-6-8-5-9(13)2-3-11(8)14-10/h2-3,5-7,13H,4,12H2,1H3. The van der Waals surface area contributed by atoms with Crippen molar-refractivity contribution in [2.24, 2.45) is 5.73 Å². The summed E-state index contributed by atoms with van der Waals surface area (Å²) in [6.07, 6.45) is 0.903. The maximum absolute atomic E-state index is 9.30. The van der Waals surface area contributed by atoms with Gasteiger partial charge in [-0.25, -0.2) is 0 Å². The molecule has 0 radical (unpaired) electrons. The van der Waals surface area contributed by atoms with E-state index in [1.807, 2.05) is 13.0 Å². The highest BCUT2D eigenvalue weighted by molar-refractivity contribution is 7.19. The van der Waals surface area contributed by atoms with E-state index < -0.39 is 0 Å². The number of aromatic hydroxyl groups is 1. The van der Waals surface area contributed by atoms with Gasteiger partial charge in [0.25, 0.3) is 0 Å². The Balaban J connectivity index is 2.41. The molecule has 0 aliphatic heterocycles. The average Bonchev–Trinajstić information content (AvgIpc) is 2.44. The molecule has 3 heteroatoms. The summed E-state index contributed by atoms with van der Waals surface area (Å²) in [6.45, 7) is 2.00. The van der Waals surface area contributed by atoms with Crippen molar-refractivity contribution in [2.75, 3.05) is 0 Å². The molecule has 0 aliphatic rings. The molecule has 74 valence electrons. The quantitative estimate of drug-likeness (QED) is 0.794. The average molecular weight is 207 g/mol. The molecule has 14 heavy (non-hydrogen) atoms. The highest BCUT2D eigenvalue weighted by Gasteiger charge is 2.04. The minimum absolute atomic E-state index is 0.191. The van der Waals surface area contributed by atoms with Crippen LogP contribution in [0.4, 0.5) is 0 Å². The molecule has 3 N–H and O–H groups in total.